The first-order chi connectivity index (χ1) is 10.3. The largest absolute Gasteiger partial charge is 0.364 e. The highest BCUT2D eigenvalue weighted by Gasteiger charge is 2.21. The highest BCUT2D eigenvalue weighted by molar-refractivity contribution is 8.00. The molecule has 3 aromatic rings. The highest BCUT2D eigenvalue weighted by Crippen LogP contribution is 2.31. The molecule has 0 saturated carbocycles. The normalized spacial score (nSPS) is 17.9. The van der Waals surface area contributed by atoms with Gasteiger partial charge in [0.1, 0.15) is 29.0 Å². The van der Waals surface area contributed by atoms with E-state index in [1.165, 1.54) is 0 Å². The molecule has 0 spiro atoms. The monoisotopic (exact) mass is 319 g/mol. The van der Waals surface area contributed by atoms with Crippen molar-refractivity contribution in [3.8, 4) is 0 Å². The van der Waals surface area contributed by atoms with Gasteiger partial charge < -0.3 is 5.32 Å². The lowest BCUT2D eigenvalue weighted by atomic mass is 10.1. The zero-order chi connectivity index (χ0) is 14.2. The Balaban J connectivity index is 1.61. The molecule has 1 aliphatic heterocycles. The fourth-order valence-corrected chi connectivity index (χ4v) is 3.94. The summed E-state index contributed by atoms with van der Waals surface area (Å²) in [7, 11) is 0. The molecule has 4 rings (SSSR count). The molecule has 0 fully saturated rings. The van der Waals surface area contributed by atoms with Crippen LogP contribution in [-0.4, -0.2) is 42.0 Å². The topological polar surface area (TPSA) is 81.4 Å². The minimum absolute atomic E-state index is 0.303. The second-order valence-electron chi connectivity index (χ2n) is 4.80. The van der Waals surface area contributed by atoms with E-state index in [1.54, 1.807) is 35.8 Å². The molecular formula is C12H13N7S2. The van der Waals surface area contributed by atoms with E-state index in [0.717, 1.165) is 45.7 Å². The van der Waals surface area contributed by atoms with E-state index in [-0.39, 0.29) is 0 Å². The molecule has 1 N–H and O–H groups in total. The van der Waals surface area contributed by atoms with Gasteiger partial charge in [-0.3, -0.25) is 0 Å². The summed E-state index contributed by atoms with van der Waals surface area (Å²) in [5, 5.41) is 7.76. The van der Waals surface area contributed by atoms with Crippen LogP contribution in [0.4, 0.5) is 5.82 Å². The van der Waals surface area contributed by atoms with Gasteiger partial charge in [0.05, 0.1) is 6.54 Å². The van der Waals surface area contributed by atoms with Gasteiger partial charge >= 0.3 is 0 Å². The Kier molecular flexibility index (Phi) is 3.23. The summed E-state index contributed by atoms with van der Waals surface area (Å²) in [6.07, 6.45) is 7.17. The van der Waals surface area contributed by atoms with Crippen LogP contribution in [-0.2, 0) is 13.0 Å². The molecular weight excluding hydrogens is 306 g/mol. The fourth-order valence-electron chi connectivity index (χ4n) is 2.47. The van der Waals surface area contributed by atoms with Gasteiger partial charge in [-0.25, -0.2) is 24.6 Å². The summed E-state index contributed by atoms with van der Waals surface area (Å²) in [4.78, 5) is 17.4. The average molecular weight is 319 g/mol. The van der Waals surface area contributed by atoms with E-state index in [9.17, 15) is 0 Å². The van der Waals surface area contributed by atoms with E-state index in [1.807, 2.05) is 10.9 Å². The highest BCUT2D eigenvalue weighted by atomic mass is 32.2. The lowest BCUT2D eigenvalue weighted by molar-refractivity contribution is 0.441. The van der Waals surface area contributed by atoms with Crippen LogP contribution in [0.3, 0.4) is 0 Å². The molecule has 0 aliphatic carbocycles. The van der Waals surface area contributed by atoms with Crippen LogP contribution in [0.1, 0.15) is 12.2 Å². The maximum absolute atomic E-state index is 4.48. The molecule has 0 bridgehead atoms. The molecule has 9 heteroatoms. The maximum atomic E-state index is 4.48. The van der Waals surface area contributed by atoms with Crippen LogP contribution in [0.25, 0.3) is 10.3 Å². The number of thioether (sulfide) groups is 1. The van der Waals surface area contributed by atoms with E-state index in [0.29, 0.717) is 6.04 Å². The van der Waals surface area contributed by atoms with Gasteiger partial charge in [0.2, 0.25) is 0 Å². The summed E-state index contributed by atoms with van der Waals surface area (Å²) in [5.41, 5.74) is 0.763. The molecule has 0 amide bonds. The quantitative estimate of drug-likeness (QED) is 0.737. The van der Waals surface area contributed by atoms with Crippen molar-refractivity contribution >= 4 is 39.3 Å². The summed E-state index contributed by atoms with van der Waals surface area (Å²) >= 11 is 3.26. The van der Waals surface area contributed by atoms with Crippen molar-refractivity contribution in [2.24, 2.45) is 0 Å². The van der Waals surface area contributed by atoms with E-state index in [4.69, 9.17) is 0 Å². The number of aromatic nitrogens is 6. The van der Waals surface area contributed by atoms with Crippen LogP contribution >= 0.6 is 23.1 Å². The Hall–Kier alpha value is -1.74. The Morgan fingerprint density at radius 3 is 3.19 bits per heavy atom. The first kappa shape index (κ1) is 13.0. The van der Waals surface area contributed by atoms with Crippen LogP contribution in [0.5, 0.6) is 0 Å². The number of hydrogen-bond acceptors (Lipinski definition) is 8. The number of nitrogens with one attached hydrogen (secondary N) is 1. The Bertz CT molecular complexity index is 781. The number of hydrogen-bond donors (Lipinski definition) is 1. The Labute approximate surface area is 129 Å². The molecule has 0 aromatic carbocycles. The van der Waals surface area contributed by atoms with E-state index < -0.39 is 0 Å². The number of thiazole rings is 1. The Morgan fingerprint density at radius 1 is 1.33 bits per heavy atom. The smallest absolute Gasteiger partial charge is 0.176 e. The first-order valence-electron chi connectivity index (χ1n) is 6.62. The lowest BCUT2D eigenvalue weighted by Crippen LogP contribution is -2.32. The Morgan fingerprint density at radius 2 is 2.29 bits per heavy atom. The number of nitrogens with zero attached hydrogens (tertiary/aromatic N) is 6. The lowest BCUT2D eigenvalue weighted by Gasteiger charge is -2.23. The van der Waals surface area contributed by atoms with E-state index >= 15 is 0 Å². The SMILES string of the molecule is CSc1nc2ncnc(NC3CCc4ncnn4C3)c2s1. The van der Waals surface area contributed by atoms with Crippen molar-refractivity contribution in [1.82, 2.24) is 29.7 Å². The van der Waals surface area contributed by atoms with Gasteiger partial charge in [0, 0.05) is 12.5 Å². The van der Waals surface area contributed by atoms with Crippen molar-refractivity contribution in [1.29, 1.82) is 0 Å². The second kappa shape index (κ2) is 5.23. The molecule has 7 nitrogen and oxygen atoms in total. The number of fused-ring (bicyclic) bond motifs is 2. The fraction of sp³-hybridized carbons (Fsp3) is 0.417. The second-order valence-corrected chi connectivity index (χ2v) is 6.85. The third-order valence-electron chi connectivity index (χ3n) is 3.49. The maximum Gasteiger partial charge on any atom is 0.176 e. The third kappa shape index (κ3) is 2.36. The summed E-state index contributed by atoms with van der Waals surface area (Å²) in [6, 6.07) is 0.303. The van der Waals surface area contributed by atoms with Gasteiger partial charge in [0.25, 0.3) is 0 Å². The molecule has 1 atom stereocenters. The molecule has 3 aromatic heterocycles. The van der Waals surface area contributed by atoms with Crippen LogP contribution in [0, 0.1) is 0 Å². The van der Waals surface area contributed by atoms with E-state index in [2.05, 4.69) is 30.4 Å². The van der Waals surface area contributed by atoms with Gasteiger partial charge in [-0.2, -0.15) is 5.10 Å². The number of rotatable bonds is 3. The van der Waals surface area contributed by atoms with Crippen molar-refractivity contribution in [2.75, 3.05) is 11.6 Å². The van der Waals surface area contributed by atoms with Gasteiger partial charge in [-0.05, 0) is 12.7 Å². The van der Waals surface area contributed by atoms with Crippen LogP contribution < -0.4 is 5.32 Å². The van der Waals surface area contributed by atoms with Crippen LogP contribution in [0.2, 0.25) is 0 Å². The molecule has 4 heterocycles. The van der Waals surface area contributed by atoms with Crippen molar-refractivity contribution in [2.45, 2.75) is 29.8 Å². The third-order valence-corrected chi connectivity index (χ3v) is 5.53. The summed E-state index contributed by atoms with van der Waals surface area (Å²) in [6.45, 7) is 0.815. The first-order valence-corrected chi connectivity index (χ1v) is 8.66. The average Bonchev–Trinajstić information content (AvgIpc) is 3.13. The standard InChI is InChI=1S/C12H13N7S2/c1-20-12-18-11-9(21-12)10(14-5-15-11)17-7-2-3-8-13-6-16-19(8)4-7/h5-7H,2-4H2,1H3,(H,14,15,17). The zero-order valence-electron chi connectivity index (χ0n) is 11.4. The van der Waals surface area contributed by atoms with Gasteiger partial charge in [-0.1, -0.05) is 11.8 Å². The predicted octanol–water partition coefficient (Wildman–Crippen LogP) is 1.83. The predicted molar refractivity (Wildman–Crippen MR) is 82.7 cm³/mol. The summed E-state index contributed by atoms with van der Waals surface area (Å²) < 4.78 is 3.99. The molecule has 1 unspecified atom stereocenters. The minimum Gasteiger partial charge on any atom is -0.364 e. The zero-order valence-corrected chi connectivity index (χ0v) is 13.0. The van der Waals surface area contributed by atoms with Crippen molar-refractivity contribution < 1.29 is 0 Å². The molecule has 21 heavy (non-hydrogen) atoms. The number of aryl methyl sites for hydroxylation is 1. The minimum atomic E-state index is 0.303. The number of anilines is 1. The van der Waals surface area contributed by atoms with Gasteiger partial charge in [-0.15, -0.1) is 11.3 Å². The molecule has 1 aliphatic rings. The molecule has 0 saturated heterocycles. The van der Waals surface area contributed by atoms with Crippen molar-refractivity contribution in [3.63, 3.8) is 0 Å². The molecule has 108 valence electrons. The van der Waals surface area contributed by atoms with Gasteiger partial charge in [0.15, 0.2) is 9.99 Å². The van der Waals surface area contributed by atoms with Crippen molar-refractivity contribution in [3.05, 3.63) is 18.5 Å². The van der Waals surface area contributed by atoms with Crippen LogP contribution in [0.15, 0.2) is 17.0 Å². The summed E-state index contributed by atoms with van der Waals surface area (Å²) in [5.74, 6) is 1.93. The molecule has 0 radical (unpaired) electrons.